The Morgan fingerprint density at radius 3 is 2.57 bits per heavy atom. The fraction of sp³-hybridized carbons (Fsp3) is 0.714. The molecule has 1 aliphatic carbocycles. The van der Waals surface area contributed by atoms with E-state index in [9.17, 15) is 14.4 Å². The van der Waals surface area contributed by atoms with Gasteiger partial charge in [0.15, 0.2) is 5.69 Å². The van der Waals surface area contributed by atoms with Crippen molar-refractivity contribution in [2.75, 3.05) is 33.2 Å². The molecule has 0 bridgehead atoms. The van der Waals surface area contributed by atoms with Crippen molar-refractivity contribution in [3.05, 3.63) is 17.5 Å². The predicted molar refractivity (Wildman–Crippen MR) is 113 cm³/mol. The third kappa shape index (κ3) is 4.35. The molecule has 1 aromatic heterocycles. The molecule has 2 aliphatic rings. The molecule has 1 fully saturated rings. The lowest BCUT2D eigenvalue weighted by Crippen LogP contribution is -2.63. The van der Waals surface area contributed by atoms with Gasteiger partial charge in [-0.05, 0) is 32.9 Å². The quantitative estimate of drug-likeness (QED) is 0.652. The zero-order chi connectivity index (χ0) is 21.9. The lowest BCUT2D eigenvalue weighted by atomic mass is 9.95. The van der Waals surface area contributed by atoms with Gasteiger partial charge in [-0.3, -0.25) is 19.1 Å². The molecular weight excluding hydrogens is 384 g/mol. The summed E-state index contributed by atoms with van der Waals surface area (Å²) in [6.07, 6.45) is 4.19. The Hall–Kier alpha value is -2.42. The van der Waals surface area contributed by atoms with Crippen LogP contribution in [0.3, 0.4) is 0 Å². The highest BCUT2D eigenvalue weighted by molar-refractivity contribution is 6.01. The summed E-state index contributed by atoms with van der Waals surface area (Å²) in [6.45, 7) is 9.25. The molecule has 1 saturated carbocycles. The highest BCUT2D eigenvalue weighted by atomic mass is 16.2. The van der Waals surface area contributed by atoms with E-state index in [1.54, 1.807) is 14.0 Å². The molecule has 9 heteroatoms. The Labute approximate surface area is 178 Å². The first-order valence-electron chi connectivity index (χ1n) is 11.0. The maximum atomic E-state index is 13.0. The Bertz CT molecular complexity index is 797. The smallest absolute Gasteiger partial charge is 0.272 e. The summed E-state index contributed by atoms with van der Waals surface area (Å²) in [5.41, 5.74) is -0.515. The second-order valence-electron chi connectivity index (χ2n) is 8.45. The van der Waals surface area contributed by atoms with Gasteiger partial charge in [0.05, 0.1) is 6.54 Å². The molecule has 0 radical (unpaired) electrons. The van der Waals surface area contributed by atoms with Crippen LogP contribution in [0.25, 0.3) is 0 Å². The van der Waals surface area contributed by atoms with Crippen molar-refractivity contribution in [2.24, 2.45) is 0 Å². The summed E-state index contributed by atoms with van der Waals surface area (Å²) in [7, 11) is 1.64. The number of rotatable bonds is 8. The number of aromatic nitrogens is 2. The minimum atomic E-state index is -1.05. The molecule has 166 valence electrons. The number of amides is 3. The zero-order valence-corrected chi connectivity index (χ0v) is 18.5. The van der Waals surface area contributed by atoms with Crippen molar-refractivity contribution in [1.82, 2.24) is 30.2 Å². The van der Waals surface area contributed by atoms with Crippen LogP contribution in [0.4, 0.5) is 0 Å². The number of likely N-dealkylation sites (N-methyl/N-ethyl adjacent to an activating group) is 2. The van der Waals surface area contributed by atoms with Crippen LogP contribution in [0, 0.1) is 0 Å². The average molecular weight is 419 g/mol. The molecule has 1 aliphatic heterocycles. The second kappa shape index (κ2) is 9.16. The summed E-state index contributed by atoms with van der Waals surface area (Å²) in [5.74, 6) is -0.784. The van der Waals surface area contributed by atoms with Gasteiger partial charge in [0, 0.05) is 32.2 Å². The SMILES string of the molecule is CCN(CC)CCNC(=O)c1cc2n(n1)C[C@](C)(C(=O)NC1CCCC1)N(C)C2=O. The Morgan fingerprint density at radius 2 is 1.93 bits per heavy atom. The normalized spacial score (nSPS) is 21.8. The predicted octanol–water partition coefficient (Wildman–Crippen LogP) is 0.858. The first-order valence-corrected chi connectivity index (χ1v) is 11.0. The molecule has 0 spiro atoms. The van der Waals surface area contributed by atoms with Crippen LogP contribution in [-0.2, 0) is 11.3 Å². The van der Waals surface area contributed by atoms with Crippen LogP contribution >= 0.6 is 0 Å². The van der Waals surface area contributed by atoms with E-state index in [1.807, 2.05) is 0 Å². The first kappa shape index (κ1) is 22.3. The molecule has 30 heavy (non-hydrogen) atoms. The maximum Gasteiger partial charge on any atom is 0.272 e. The Kier molecular flexibility index (Phi) is 6.80. The molecule has 2 heterocycles. The zero-order valence-electron chi connectivity index (χ0n) is 18.5. The average Bonchev–Trinajstić information content (AvgIpc) is 3.39. The third-order valence-electron chi connectivity index (χ3n) is 6.52. The topological polar surface area (TPSA) is 99.6 Å². The van der Waals surface area contributed by atoms with Gasteiger partial charge < -0.3 is 20.4 Å². The van der Waals surface area contributed by atoms with Crippen molar-refractivity contribution in [3.8, 4) is 0 Å². The summed E-state index contributed by atoms with van der Waals surface area (Å²) in [6, 6.07) is 1.68. The third-order valence-corrected chi connectivity index (χ3v) is 6.52. The van der Waals surface area contributed by atoms with Crippen molar-refractivity contribution < 1.29 is 14.4 Å². The van der Waals surface area contributed by atoms with Crippen LogP contribution < -0.4 is 10.6 Å². The molecule has 1 aromatic rings. The number of hydrogen-bond donors (Lipinski definition) is 2. The van der Waals surface area contributed by atoms with E-state index in [1.165, 1.54) is 15.6 Å². The van der Waals surface area contributed by atoms with Crippen LogP contribution in [-0.4, -0.2) is 82.1 Å². The molecule has 3 amide bonds. The highest BCUT2D eigenvalue weighted by Crippen LogP contribution is 2.27. The summed E-state index contributed by atoms with van der Waals surface area (Å²) < 4.78 is 1.50. The molecule has 3 rings (SSSR count). The molecule has 2 N–H and O–H groups in total. The Morgan fingerprint density at radius 1 is 1.27 bits per heavy atom. The van der Waals surface area contributed by atoms with Gasteiger partial charge in [-0.1, -0.05) is 26.7 Å². The van der Waals surface area contributed by atoms with Crippen molar-refractivity contribution in [1.29, 1.82) is 0 Å². The number of fused-ring (bicyclic) bond motifs is 1. The number of nitrogens with one attached hydrogen (secondary N) is 2. The maximum absolute atomic E-state index is 13.0. The molecule has 0 unspecified atom stereocenters. The van der Waals surface area contributed by atoms with Crippen molar-refractivity contribution in [3.63, 3.8) is 0 Å². The van der Waals surface area contributed by atoms with E-state index in [0.717, 1.165) is 45.3 Å². The summed E-state index contributed by atoms with van der Waals surface area (Å²) in [4.78, 5) is 42.2. The van der Waals surface area contributed by atoms with Crippen LogP contribution in [0.15, 0.2) is 6.07 Å². The van der Waals surface area contributed by atoms with E-state index in [0.29, 0.717) is 12.2 Å². The summed E-state index contributed by atoms with van der Waals surface area (Å²) >= 11 is 0. The fourth-order valence-corrected chi connectivity index (χ4v) is 4.21. The van der Waals surface area contributed by atoms with Crippen LogP contribution in [0.5, 0.6) is 0 Å². The van der Waals surface area contributed by atoms with Gasteiger partial charge in [0.25, 0.3) is 11.8 Å². The summed E-state index contributed by atoms with van der Waals surface area (Å²) in [5, 5.41) is 10.3. The fourth-order valence-electron chi connectivity index (χ4n) is 4.21. The Balaban J connectivity index is 1.70. The highest BCUT2D eigenvalue weighted by Gasteiger charge is 2.46. The standard InChI is InChI=1S/C21H34N6O3/c1-5-26(6-2)12-11-22-18(28)16-13-17-19(29)25(4)21(3,14-27(17)24-16)20(30)23-15-9-7-8-10-15/h13,15H,5-12,14H2,1-4H3,(H,22,28)(H,23,30)/t21-/m1/s1. The monoisotopic (exact) mass is 418 g/mol. The van der Waals surface area contributed by atoms with Crippen molar-refractivity contribution in [2.45, 2.75) is 64.6 Å². The largest absolute Gasteiger partial charge is 0.351 e. The minimum absolute atomic E-state index is 0.170. The van der Waals surface area contributed by atoms with Gasteiger partial charge in [0.2, 0.25) is 5.91 Å². The molecule has 0 aromatic carbocycles. The number of carbonyl (C=O) groups excluding carboxylic acids is 3. The molecule has 1 atom stereocenters. The van der Waals surface area contributed by atoms with Gasteiger partial charge in [-0.2, -0.15) is 5.10 Å². The van der Waals surface area contributed by atoms with Crippen LogP contribution in [0.1, 0.15) is 67.4 Å². The van der Waals surface area contributed by atoms with E-state index in [2.05, 4.69) is 34.5 Å². The number of carbonyl (C=O) groups is 3. The van der Waals surface area contributed by atoms with Crippen LogP contribution in [0.2, 0.25) is 0 Å². The molecule has 0 saturated heterocycles. The number of nitrogens with zero attached hydrogens (tertiary/aromatic N) is 4. The first-order chi connectivity index (χ1) is 14.3. The van der Waals surface area contributed by atoms with Gasteiger partial charge >= 0.3 is 0 Å². The van der Waals surface area contributed by atoms with E-state index in [4.69, 9.17) is 0 Å². The van der Waals surface area contributed by atoms with E-state index < -0.39 is 5.54 Å². The van der Waals surface area contributed by atoms with Gasteiger partial charge in [-0.15, -0.1) is 0 Å². The lowest BCUT2D eigenvalue weighted by Gasteiger charge is -2.41. The molecular formula is C21H34N6O3. The second-order valence-corrected chi connectivity index (χ2v) is 8.45. The lowest BCUT2D eigenvalue weighted by molar-refractivity contribution is -0.133. The van der Waals surface area contributed by atoms with Gasteiger partial charge in [0.1, 0.15) is 11.2 Å². The van der Waals surface area contributed by atoms with E-state index >= 15 is 0 Å². The minimum Gasteiger partial charge on any atom is -0.351 e. The van der Waals surface area contributed by atoms with Crippen molar-refractivity contribution >= 4 is 17.7 Å². The molecule has 9 nitrogen and oxygen atoms in total. The van der Waals surface area contributed by atoms with Gasteiger partial charge in [-0.25, -0.2) is 0 Å². The number of hydrogen-bond acceptors (Lipinski definition) is 5. The van der Waals surface area contributed by atoms with E-state index in [-0.39, 0.29) is 36.0 Å².